The van der Waals surface area contributed by atoms with Crippen LogP contribution in [0.5, 0.6) is 5.75 Å². The monoisotopic (exact) mass is 286 g/mol. The van der Waals surface area contributed by atoms with Gasteiger partial charge in [0.15, 0.2) is 0 Å². The van der Waals surface area contributed by atoms with E-state index >= 15 is 0 Å². The lowest BCUT2D eigenvalue weighted by Gasteiger charge is -2.18. The van der Waals surface area contributed by atoms with E-state index in [1.807, 2.05) is 38.1 Å². The molecule has 1 rings (SSSR count). The van der Waals surface area contributed by atoms with Crippen LogP contribution in [0.15, 0.2) is 24.3 Å². The van der Waals surface area contributed by atoms with Gasteiger partial charge in [-0.25, -0.2) is 0 Å². The van der Waals surface area contributed by atoms with Crippen molar-refractivity contribution in [2.24, 2.45) is 5.73 Å². The Bertz CT molecular complexity index is 380. The number of hydrogen-bond acceptors (Lipinski definition) is 3. The first-order valence-corrected chi connectivity index (χ1v) is 6.25. The summed E-state index contributed by atoms with van der Waals surface area (Å²) in [7, 11) is 1.64. The van der Waals surface area contributed by atoms with Crippen molar-refractivity contribution in [1.82, 2.24) is 5.32 Å². The molecule has 0 fully saturated rings. The highest BCUT2D eigenvalue weighted by Crippen LogP contribution is 2.20. The van der Waals surface area contributed by atoms with Crippen molar-refractivity contribution in [2.45, 2.75) is 38.8 Å². The van der Waals surface area contributed by atoms with Gasteiger partial charge in [-0.05, 0) is 31.0 Å². The van der Waals surface area contributed by atoms with Crippen LogP contribution in [0.1, 0.15) is 38.3 Å². The van der Waals surface area contributed by atoms with Crippen molar-refractivity contribution in [2.75, 3.05) is 7.11 Å². The van der Waals surface area contributed by atoms with E-state index in [1.54, 1.807) is 7.11 Å². The minimum atomic E-state index is -0.113. The number of amides is 1. The molecule has 0 radical (unpaired) electrons. The van der Waals surface area contributed by atoms with Gasteiger partial charge >= 0.3 is 0 Å². The van der Waals surface area contributed by atoms with Gasteiger partial charge in [-0.3, -0.25) is 4.79 Å². The third-order valence-corrected chi connectivity index (χ3v) is 2.77. The van der Waals surface area contributed by atoms with Crippen molar-refractivity contribution in [3.63, 3.8) is 0 Å². The zero-order valence-electron chi connectivity index (χ0n) is 11.7. The first-order valence-electron chi connectivity index (χ1n) is 6.25. The molecule has 0 bridgehead atoms. The highest BCUT2D eigenvalue weighted by atomic mass is 35.5. The average Bonchev–Trinajstić information content (AvgIpc) is 2.35. The number of benzene rings is 1. The van der Waals surface area contributed by atoms with E-state index in [-0.39, 0.29) is 30.4 Å². The molecule has 0 saturated heterocycles. The van der Waals surface area contributed by atoms with Crippen molar-refractivity contribution >= 4 is 18.3 Å². The molecule has 0 heterocycles. The number of halogens is 1. The molecule has 2 unspecified atom stereocenters. The summed E-state index contributed by atoms with van der Waals surface area (Å²) in [5.41, 5.74) is 6.69. The minimum Gasteiger partial charge on any atom is -0.497 e. The highest BCUT2D eigenvalue weighted by molar-refractivity contribution is 5.85. The summed E-state index contributed by atoms with van der Waals surface area (Å²) in [4.78, 5) is 11.7. The maximum Gasteiger partial charge on any atom is 0.222 e. The largest absolute Gasteiger partial charge is 0.497 e. The summed E-state index contributed by atoms with van der Waals surface area (Å²) in [6.45, 7) is 3.87. The molecule has 0 aliphatic rings. The van der Waals surface area contributed by atoms with Crippen LogP contribution in [-0.4, -0.2) is 19.1 Å². The molecule has 0 spiro atoms. The fourth-order valence-electron chi connectivity index (χ4n) is 1.80. The van der Waals surface area contributed by atoms with E-state index < -0.39 is 0 Å². The Morgan fingerprint density at radius 2 is 1.95 bits per heavy atom. The van der Waals surface area contributed by atoms with Crippen LogP contribution in [0.2, 0.25) is 0 Å². The normalized spacial score (nSPS) is 13.1. The molecule has 108 valence electrons. The lowest BCUT2D eigenvalue weighted by Crippen LogP contribution is -2.32. The summed E-state index contributed by atoms with van der Waals surface area (Å²) in [6, 6.07) is 7.66. The SMILES string of the molecule is CCC(NC(=O)CC(C)N)c1ccc(OC)cc1.Cl. The summed E-state index contributed by atoms with van der Waals surface area (Å²) in [5.74, 6) is 0.808. The smallest absolute Gasteiger partial charge is 0.222 e. The van der Waals surface area contributed by atoms with Crippen LogP contribution in [0.25, 0.3) is 0 Å². The molecule has 0 saturated carbocycles. The number of nitrogens with two attached hydrogens (primary N) is 1. The summed E-state index contributed by atoms with van der Waals surface area (Å²) < 4.78 is 5.11. The number of rotatable bonds is 6. The minimum absolute atomic E-state index is 0. The van der Waals surface area contributed by atoms with Crippen molar-refractivity contribution in [3.05, 3.63) is 29.8 Å². The molecule has 0 aliphatic carbocycles. The van der Waals surface area contributed by atoms with Gasteiger partial charge in [0.25, 0.3) is 0 Å². The molecule has 1 amide bonds. The van der Waals surface area contributed by atoms with Crippen molar-refractivity contribution in [1.29, 1.82) is 0 Å². The molecular formula is C14H23ClN2O2. The lowest BCUT2D eigenvalue weighted by atomic mass is 10.0. The molecule has 19 heavy (non-hydrogen) atoms. The first kappa shape index (κ1) is 17.7. The summed E-state index contributed by atoms with van der Waals surface area (Å²) in [5, 5.41) is 2.99. The van der Waals surface area contributed by atoms with Crippen molar-refractivity contribution < 1.29 is 9.53 Å². The zero-order chi connectivity index (χ0) is 13.5. The zero-order valence-corrected chi connectivity index (χ0v) is 12.5. The van der Waals surface area contributed by atoms with Crippen LogP contribution in [-0.2, 0) is 4.79 Å². The Hall–Kier alpha value is -1.26. The van der Waals surface area contributed by atoms with E-state index in [1.165, 1.54) is 0 Å². The predicted molar refractivity (Wildman–Crippen MR) is 79.7 cm³/mol. The Morgan fingerprint density at radius 3 is 2.37 bits per heavy atom. The molecule has 3 N–H and O–H groups in total. The molecule has 2 atom stereocenters. The van der Waals surface area contributed by atoms with Gasteiger partial charge in [-0.15, -0.1) is 12.4 Å². The molecule has 1 aromatic rings. The fourth-order valence-corrected chi connectivity index (χ4v) is 1.80. The third kappa shape index (κ3) is 5.94. The van der Waals surface area contributed by atoms with Crippen LogP contribution < -0.4 is 15.8 Å². The maximum atomic E-state index is 11.7. The molecule has 0 aromatic heterocycles. The maximum absolute atomic E-state index is 11.7. The fraction of sp³-hybridized carbons (Fsp3) is 0.500. The standard InChI is InChI=1S/C14H22N2O2.ClH/c1-4-13(16-14(17)9-10(2)15)11-5-7-12(18-3)8-6-11;/h5-8,10,13H,4,9,15H2,1-3H3,(H,16,17);1H. The number of methoxy groups -OCH3 is 1. The molecule has 0 aliphatic heterocycles. The Kier molecular flexibility index (Phi) is 8.19. The lowest BCUT2D eigenvalue weighted by molar-refractivity contribution is -0.122. The first-order chi connectivity index (χ1) is 8.56. The number of hydrogen-bond donors (Lipinski definition) is 2. The molecule has 4 nitrogen and oxygen atoms in total. The van der Waals surface area contributed by atoms with E-state index in [4.69, 9.17) is 10.5 Å². The van der Waals surface area contributed by atoms with Crippen LogP contribution in [0.4, 0.5) is 0 Å². The van der Waals surface area contributed by atoms with E-state index in [0.29, 0.717) is 6.42 Å². The summed E-state index contributed by atoms with van der Waals surface area (Å²) in [6.07, 6.45) is 1.20. The van der Waals surface area contributed by atoms with Gasteiger partial charge in [0.2, 0.25) is 5.91 Å². The second kappa shape index (κ2) is 8.77. The number of nitrogens with one attached hydrogen (secondary N) is 1. The summed E-state index contributed by atoms with van der Waals surface area (Å²) >= 11 is 0. The van der Waals surface area contributed by atoms with E-state index in [2.05, 4.69) is 5.32 Å². The van der Waals surface area contributed by atoms with Crippen LogP contribution >= 0.6 is 12.4 Å². The van der Waals surface area contributed by atoms with E-state index in [9.17, 15) is 4.79 Å². The Balaban J connectivity index is 0.00000324. The molecule has 1 aromatic carbocycles. The second-order valence-electron chi connectivity index (χ2n) is 4.48. The van der Waals surface area contributed by atoms with E-state index in [0.717, 1.165) is 17.7 Å². The topological polar surface area (TPSA) is 64.4 Å². The van der Waals surface area contributed by atoms with Crippen molar-refractivity contribution in [3.8, 4) is 5.75 Å². The van der Waals surface area contributed by atoms with Gasteiger partial charge in [0, 0.05) is 12.5 Å². The highest BCUT2D eigenvalue weighted by Gasteiger charge is 2.13. The van der Waals surface area contributed by atoms with Gasteiger partial charge in [-0.1, -0.05) is 19.1 Å². The van der Waals surface area contributed by atoms with Crippen LogP contribution in [0, 0.1) is 0 Å². The number of carbonyl (C=O) groups is 1. The quantitative estimate of drug-likeness (QED) is 0.844. The second-order valence-corrected chi connectivity index (χ2v) is 4.48. The van der Waals surface area contributed by atoms with Gasteiger partial charge in [-0.2, -0.15) is 0 Å². The number of carbonyl (C=O) groups excluding carboxylic acids is 1. The average molecular weight is 287 g/mol. The van der Waals surface area contributed by atoms with Gasteiger partial charge < -0.3 is 15.8 Å². The van der Waals surface area contributed by atoms with Gasteiger partial charge in [0.1, 0.15) is 5.75 Å². The molecular weight excluding hydrogens is 264 g/mol. The van der Waals surface area contributed by atoms with Crippen LogP contribution in [0.3, 0.4) is 0 Å². The van der Waals surface area contributed by atoms with Gasteiger partial charge in [0.05, 0.1) is 13.2 Å². The Labute approximate surface area is 121 Å². The number of ether oxygens (including phenoxy) is 1. The predicted octanol–water partition coefficient (Wildman–Crippen LogP) is 2.42. The Morgan fingerprint density at radius 1 is 1.37 bits per heavy atom. The third-order valence-electron chi connectivity index (χ3n) is 2.77. The molecule has 5 heteroatoms.